The number of rotatable bonds is 16. The van der Waals surface area contributed by atoms with Gasteiger partial charge in [-0.1, -0.05) is 103 Å². The van der Waals surface area contributed by atoms with Gasteiger partial charge >= 0.3 is 0 Å². The summed E-state index contributed by atoms with van der Waals surface area (Å²) >= 11 is 0. The molecule has 0 spiro atoms. The summed E-state index contributed by atoms with van der Waals surface area (Å²) in [5.41, 5.74) is 0. The SMILES string of the molecule is CCCCCCCCCCCCCCCCC(O)(O)C(=O)N1CCCCCC1. The van der Waals surface area contributed by atoms with E-state index in [9.17, 15) is 15.0 Å². The van der Waals surface area contributed by atoms with E-state index < -0.39 is 11.7 Å². The number of carbonyl (C=O) groups is 1. The van der Waals surface area contributed by atoms with Crippen molar-refractivity contribution in [2.45, 2.75) is 135 Å². The van der Waals surface area contributed by atoms with Gasteiger partial charge in [0.15, 0.2) is 0 Å². The van der Waals surface area contributed by atoms with Crippen molar-refractivity contribution in [3.63, 3.8) is 0 Å². The topological polar surface area (TPSA) is 60.8 Å². The van der Waals surface area contributed by atoms with Gasteiger partial charge in [-0.3, -0.25) is 4.79 Å². The zero-order chi connectivity index (χ0) is 20.5. The molecule has 0 saturated carbocycles. The Hall–Kier alpha value is -0.610. The Morgan fingerprint density at radius 1 is 0.679 bits per heavy atom. The van der Waals surface area contributed by atoms with Crippen molar-refractivity contribution in [2.24, 2.45) is 0 Å². The molecule has 1 amide bonds. The molecule has 1 aliphatic rings. The van der Waals surface area contributed by atoms with Crippen LogP contribution in [0.15, 0.2) is 0 Å². The highest BCUT2D eigenvalue weighted by molar-refractivity contribution is 5.83. The molecule has 0 aromatic rings. The molecule has 1 saturated heterocycles. The molecule has 0 atom stereocenters. The van der Waals surface area contributed by atoms with Crippen molar-refractivity contribution in [3.8, 4) is 0 Å². The van der Waals surface area contributed by atoms with E-state index in [1.165, 1.54) is 70.6 Å². The quantitative estimate of drug-likeness (QED) is 0.250. The standard InChI is InChI=1S/C24H47NO3/c1-2-3-4-5-6-7-8-9-10-11-12-13-14-17-20-24(27,28)23(26)25-21-18-15-16-19-22-25/h27-28H,2-22H2,1H3. The average molecular weight is 398 g/mol. The van der Waals surface area contributed by atoms with Crippen molar-refractivity contribution in [1.82, 2.24) is 4.90 Å². The molecular weight excluding hydrogens is 350 g/mol. The summed E-state index contributed by atoms with van der Waals surface area (Å²) < 4.78 is 0. The zero-order valence-corrected chi connectivity index (χ0v) is 18.6. The van der Waals surface area contributed by atoms with Crippen LogP contribution >= 0.6 is 0 Å². The minimum atomic E-state index is -2.17. The smallest absolute Gasteiger partial charge is 0.282 e. The fourth-order valence-electron chi connectivity index (χ4n) is 4.20. The van der Waals surface area contributed by atoms with Crippen molar-refractivity contribution in [2.75, 3.05) is 13.1 Å². The lowest BCUT2D eigenvalue weighted by molar-refractivity contribution is -0.198. The summed E-state index contributed by atoms with van der Waals surface area (Å²) in [5, 5.41) is 20.4. The van der Waals surface area contributed by atoms with Crippen molar-refractivity contribution in [3.05, 3.63) is 0 Å². The molecule has 0 aromatic heterocycles. The molecule has 166 valence electrons. The normalized spacial score (nSPS) is 15.6. The van der Waals surface area contributed by atoms with Crippen LogP contribution in [0.25, 0.3) is 0 Å². The molecule has 0 aliphatic carbocycles. The van der Waals surface area contributed by atoms with Crippen LogP contribution in [0, 0.1) is 0 Å². The van der Waals surface area contributed by atoms with Gasteiger partial charge in [0, 0.05) is 19.5 Å². The number of unbranched alkanes of at least 4 members (excludes halogenated alkanes) is 13. The van der Waals surface area contributed by atoms with Crippen LogP contribution < -0.4 is 0 Å². The summed E-state index contributed by atoms with van der Waals surface area (Å²) in [5.74, 6) is -2.65. The maximum atomic E-state index is 12.4. The fraction of sp³-hybridized carbons (Fsp3) is 0.958. The molecule has 1 heterocycles. The number of nitrogens with zero attached hydrogens (tertiary/aromatic N) is 1. The highest BCUT2D eigenvalue weighted by Gasteiger charge is 2.36. The van der Waals surface area contributed by atoms with Gasteiger partial charge in [-0.05, 0) is 19.3 Å². The third kappa shape index (κ3) is 12.1. The Labute approximate surface area is 174 Å². The maximum Gasteiger partial charge on any atom is 0.282 e. The van der Waals surface area contributed by atoms with Crippen molar-refractivity contribution < 1.29 is 15.0 Å². The number of likely N-dealkylation sites (tertiary alicyclic amines) is 1. The molecule has 1 aliphatic heterocycles. The largest absolute Gasteiger partial charge is 0.358 e. The van der Waals surface area contributed by atoms with E-state index in [1.54, 1.807) is 4.90 Å². The summed E-state index contributed by atoms with van der Waals surface area (Å²) in [6, 6.07) is 0. The van der Waals surface area contributed by atoms with Gasteiger partial charge in [-0.15, -0.1) is 0 Å². The predicted molar refractivity (Wildman–Crippen MR) is 117 cm³/mol. The minimum absolute atomic E-state index is 0.167. The Balaban J connectivity index is 1.95. The zero-order valence-electron chi connectivity index (χ0n) is 18.6. The average Bonchev–Trinajstić information content (AvgIpc) is 2.97. The molecule has 0 aromatic carbocycles. The van der Waals surface area contributed by atoms with E-state index in [0.29, 0.717) is 19.5 Å². The molecule has 1 rings (SSSR count). The van der Waals surface area contributed by atoms with E-state index in [-0.39, 0.29) is 6.42 Å². The van der Waals surface area contributed by atoms with Crippen LogP contribution in [0.2, 0.25) is 0 Å². The van der Waals surface area contributed by atoms with Crippen molar-refractivity contribution >= 4 is 5.91 Å². The van der Waals surface area contributed by atoms with Crippen LogP contribution in [0.5, 0.6) is 0 Å². The fourth-order valence-corrected chi connectivity index (χ4v) is 4.20. The van der Waals surface area contributed by atoms with Gasteiger partial charge in [0.25, 0.3) is 5.91 Å². The summed E-state index contributed by atoms with van der Waals surface area (Å²) in [6.45, 7) is 3.60. The van der Waals surface area contributed by atoms with Gasteiger partial charge in [0.2, 0.25) is 5.79 Å². The first-order chi connectivity index (χ1) is 13.6. The molecule has 0 bridgehead atoms. The third-order valence-corrected chi connectivity index (χ3v) is 6.11. The first-order valence-electron chi connectivity index (χ1n) is 12.3. The Morgan fingerprint density at radius 3 is 1.50 bits per heavy atom. The van der Waals surface area contributed by atoms with Crippen LogP contribution in [-0.2, 0) is 4.79 Å². The number of carbonyl (C=O) groups excluding carboxylic acids is 1. The lowest BCUT2D eigenvalue weighted by Crippen LogP contribution is -2.49. The highest BCUT2D eigenvalue weighted by atomic mass is 16.5. The molecule has 4 heteroatoms. The summed E-state index contributed by atoms with van der Waals surface area (Å²) in [4.78, 5) is 14.0. The minimum Gasteiger partial charge on any atom is -0.358 e. The second-order valence-electron chi connectivity index (χ2n) is 8.87. The lowest BCUT2D eigenvalue weighted by atomic mass is 10.0. The van der Waals surface area contributed by atoms with E-state index in [4.69, 9.17) is 0 Å². The molecule has 28 heavy (non-hydrogen) atoms. The van der Waals surface area contributed by atoms with Crippen LogP contribution in [-0.4, -0.2) is 39.9 Å². The van der Waals surface area contributed by atoms with E-state index >= 15 is 0 Å². The molecule has 2 N–H and O–H groups in total. The second-order valence-corrected chi connectivity index (χ2v) is 8.87. The number of hydrogen-bond acceptors (Lipinski definition) is 3. The first-order valence-corrected chi connectivity index (χ1v) is 12.3. The van der Waals surface area contributed by atoms with Crippen molar-refractivity contribution in [1.29, 1.82) is 0 Å². The van der Waals surface area contributed by atoms with Gasteiger partial charge in [-0.25, -0.2) is 0 Å². The predicted octanol–water partition coefficient (Wildman–Crippen LogP) is 5.94. The Bertz CT molecular complexity index is 376. The van der Waals surface area contributed by atoms with Gasteiger partial charge < -0.3 is 15.1 Å². The monoisotopic (exact) mass is 397 g/mol. The van der Waals surface area contributed by atoms with Gasteiger partial charge in [0.1, 0.15) is 0 Å². The highest BCUT2D eigenvalue weighted by Crippen LogP contribution is 2.20. The van der Waals surface area contributed by atoms with E-state index in [0.717, 1.165) is 38.5 Å². The van der Waals surface area contributed by atoms with Gasteiger partial charge in [0.05, 0.1) is 0 Å². The van der Waals surface area contributed by atoms with E-state index in [2.05, 4.69) is 6.92 Å². The second kappa shape index (κ2) is 16.2. The first kappa shape index (κ1) is 25.4. The number of amides is 1. The number of hydrogen-bond donors (Lipinski definition) is 2. The van der Waals surface area contributed by atoms with Crippen LogP contribution in [0.3, 0.4) is 0 Å². The number of aliphatic hydroxyl groups is 2. The maximum absolute atomic E-state index is 12.4. The van der Waals surface area contributed by atoms with E-state index in [1.807, 2.05) is 0 Å². The van der Waals surface area contributed by atoms with Gasteiger partial charge in [-0.2, -0.15) is 0 Å². The molecular formula is C24H47NO3. The van der Waals surface area contributed by atoms with Crippen LogP contribution in [0.1, 0.15) is 129 Å². The summed E-state index contributed by atoms with van der Waals surface area (Å²) in [7, 11) is 0. The Morgan fingerprint density at radius 2 is 1.07 bits per heavy atom. The third-order valence-electron chi connectivity index (χ3n) is 6.11. The van der Waals surface area contributed by atoms with Crippen LogP contribution in [0.4, 0.5) is 0 Å². The molecule has 1 fully saturated rings. The Kier molecular flexibility index (Phi) is 14.7. The molecule has 4 nitrogen and oxygen atoms in total. The molecule has 0 radical (unpaired) electrons. The molecule has 0 unspecified atom stereocenters. The summed E-state index contributed by atoms with van der Waals surface area (Å²) in [6.07, 6.45) is 22.1. The lowest BCUT2D eigenvalue weighted by Gasteiger charge is -2.28.